The van der Waals surface area contributed by atoms with Gasteiger partial charge in [-0.15, -0.1) is 12.4 Å². The Morgan fingerprint density at radius 1 is 1.06 bits per heavy atom. The Kier molecular flexibility index (Phi) is 6.74. The molecule has 166 valence electrons. The third-order valence-electron chi connectivity index (χ3n) is 6.35. The van der Waals surface area contributed by atoms with Gasteiger partial charge < -0.3 is 15.0 Å². The molecule has 2 aliphatic heterocycles. The highest BCUT2D eigenvalue weighted by Gasteiger charge is 2.20. The van der Waals surface area contributed by atoms with E-state index in [9.17, 15) is 0 Å². The Morgan fingerprint density at radius 3 is 2.55 bits per heavy atom. The number of halogens is 1. The molecule has 0 radical (unpaired) electrons. The molecule has 1 N–H and O–H groups in total. The zero-order valence-corrected chi connectivity index (χ0v) is 19.1. The van der Waals surface area contributed by atoms with E-state index in [0.29, 0.717) is 5.92 Å². The molecule has 0 unspecified atom stereocenters. The SMILES string of the molecule is CCc1nc(N2CCOCC2)cc(-n2ncc3cc(C)c(C4CCNCC4)cc32)n1.Cl. The third-order valence-corrected chi connectivity index (χ3v) is 6.35. The van der Waals surface area contributed by atoms with Crippen molar-refractivity contribution >= 4 is 29.1 Å². The fourth-order valence-corrected chi connectivity index (χ4v) is 4.65. The number of piperidine rings is 1. The van der Waals surface area contributed by atoms with Gasteiger partial charge in [-0.05, 0) is 62.0 Å². The van der Waals surface area contributed by atoms with Crippen LogP contribution < -0.4 is 10.2 Å². The van der Waals surface area contributed by atoms with Crippen molar-refractivity contribution < 1.29 is 4.74 Å². The molecule has 0 spiro atoms. The highest BCUT2D eigenvalue weighted by Crippen LogP contribution is 2.32. The largest absolute Gasteiger partial charge is 0.378 e. The average molecular weight is 443 g/mol. The lowest BCUT2D eigenvalue weighted by Gasteiger charge is -2.28. The van der Waals surface area contributed by atoms with E-state index in [-0.39, 0.29) is 12.4 Å². The number of anilines is 1. The van der Waals surface area contributed by atoms with Gasteiger partial charge in [0.1, 0.15) is 11.6 Å². The second kappa shape index (κ2) is 9.51. The monoisotopic (exact) mass is 442 g/mol. The van der Waals surface area contributed by atoms with Crippen LogP contribution in [-0.2, 0) is 11.2 Å². The summed E-state index contributed by atoms with van der Waals surface area (Å²) in [7, 11) is 0. The predicted molar refractivity (Wildman–Crippen MR) is 126 cm³/mol. The summed E-state index contributed by atoms with van der Waals surface area (Å²) in [6, 6.07) is 6.69. The van der Waals surface area contributed by atoms with Crippen LogP contribution in [0.25, 0.3) is 16.7 Å². The molecular formula is C23H31ClN6O. The van der Waals surface area contributed by atoms with E-state index in [0.717, 1.165) is 74.2 Å². The van der Waals surface area contributed by atoms with Gasteiger partial charge in [0.15, 0.2) is 5.82 Å². The second-order valence-corrected chi connectivity index (χ2v) is 8.30. The first-order valence-corrected chi connectivity index (χ1v) is 11.1. The zero-order chi connectivity index (χ0) is 20.5. The molecule has 0 bridgehead atoms. The fraction of sp³-hybridized carbons (Fsp3) is 0.522. The number of ether oxygens (including phenoxy) is 1. The number of rotatable bonds is 4. The van der Waals surface area contributed by atoms with Gasteiger partial charge in [0, 0.05) is 31.0 Å². The number of fused-ring (bicyclic) bond motifs is 1. The minimum atomic E-state index is 0. The number of hydrogen-bond acceptors (Lipinski definition) is 6. The Balaban J connectivity index is 0.00000231. The van der Waals surface area contributed by atoms with Gasteiger partial charge in [-0.3, -0.25) is 0 Å². The average Bonchev–Trinajstić information content (AvgIpc) is 3.22. The molecule has 0 saturated carbocycles. The lowest BCUT2D eigenvalue weighted by molar-refractivity contribution is 0.122. The summed E-state index contributed by atoms with van der Waals surface area (Å²) >= 11 is 0. The topological polar surface area (TPSA) is 68.1 Å². The van der Waals surface area contributed by atoms with Crippen LogP contribution in [0.4, 0.5) is 5.82 Å². The van der Waals surface area contributed by atoms with Crippen LogP contribution in [0.2, 0.25) is 0 Å². The second-order valence-electron chi connectivity index (χ2n) is 8.30. The first-order valence-electron chi connectivity index (χ1n) is 11.1. The number of aromatic nitrogens is 4. The van der Waals surface area contributed by atoms with E-state index in [1.807, 2.05) is 10.9 Å². The van der Waals surface area contributed by atoms with E-state index in [4.69, 9.17) is 19.8 Å². The minimum absolute atomic E-state index is 0. The Labute approximate surface area is 189 Å². The van der Waals surface area contributed by atoms with Gasteiger partial charge in [-0.1, -0.05) is 6.92 Å². The summed E-state index contributed by atoms with van der Waals surface area (Å²) in [6.07, 6.45) is 5.13. The molecule has 3 aromatic rings. The molecule has 2 aromatic heterocycles. The lowest BCUT2D eigenvalue weighted by atomic mass is 9.87. The van der Waals surface area contributed by atoms with Crippen molar-refractivity contribution in [1.29, 1.82) is 0 Å². The first kappa shape index (κ1) is 22.0. The molecule has 2 saturated heterocycles. The van der Waals surface area contributed by atoms with Crippen LogP contribution in [0.5, 0.6) is 0 Å². The minimum Gasteiger partial charge on any atom is -0.378 e. The normalized spacial score (nSPS) is 17.7. The number of nitrogens with zero attached hydrogens (tertiary/aromatic N) is 5. The Bertz CT molecular complexity index is 1040. The molecule has 2 fully saturated rings. The summed E-state index contributed by atoms with van der Waals surface area (Å²) < 4.78 is 7.50. The lowest BCUT2D eigenvalue weighted by Crippen LogP contribution is -2.37. The maximum atomic E-state index is 5.51. The van der Waals surface area contributed by atoms with Crippen molar-refractivity contribution in [3.63, 3.8) is 0 Å². The van der Waals surface area contributed by atoms with Crippen LogP contribution >= 0.6 is 12.4 Å². The third kappa shape index (κ3) is 4.40. The van der Waals surface area contributed by atoms with Crippen LogP contribution in [-0.4, -0.2) is 59.1 Å². The Morgan fingerprint density at radius 2 is 1.81 bits per heavy atom. The van der Waals surface area contributed by atoms with Gasteiger partial charge in [-0.25, -0.2) is 14.6 Å². The first-order chi connectivity index (χ1) is 14.7. The van der Waals surface area contributed by atoms with Gasteiger partial charge in [0.05, 0.1) is 24.9 Å². The van der Waals surface area contributed by atoms with E-state index in [1.165, 1.54) is 24.0 Å². The summed E-state index contributed by atoms with van der Waals surface area (Å²) in [5.74, 6) is 3.27. The number of aryl methyl sites for hydroxylation is 2. The Hall–Kier alpha value is -2.22. The highest BCUT2D eigenvalue weighted by atomic mass is 35.5. The van der Waals surface area contributed by atoms with Gasteiger partial charge in [0.2, 0.25) is 0 Å². The highest BCUT2D eigenvalue weighted by molar-refractivity contribution is 5.85. The predicted octanol–water partition coefficient (Wildman–Crippen LogP) is 3.41. The van der Waals surface area contributed by atoms with Gasteiger partial charge >= 0.3 is 0 Å². The number of morpholine rings is 1. The molecule has 0 aliphatic carbocycles. The van der Waals surface area contributed by atoms with Crippen molar-refractivity contribution in [2.24, 2.45) is 0 Å². The van der Waals surface area contributed by atoms with Crippen molar-refractivity contribution in [3.8, 4) is 5.82 Å². The molecule has 31 heavy (non-hydrogen) atoms. The maximum Gasteiger partial charge on any atom is 0.159 e. The summed E-state index contributed by atoms with van der Waals surface area (Å²) in [5.41, 5.74) is 3.94. The maximum absolute atomic E-state index is 5.51. The van der Waals surface area contributed by atoms with Crippen LogP contribution in [0.3, 0.4) is 0 Å². The fourth-order valence-electron chi connectivity index (χ4n) is 4.65. The van der Waals surface area contributed by atoms with E-state index in [1.54, 1.807) is 0 Å². The molecule has 0 atom stereocenters. The summed E-state index contributed by atoms with van der Waals surface area (Å²) in [4.78, 5) is 11.9. The smallest absolute Gasteiger partial charge is 0.159 e. The van der Waals surface area contributed by atoms with E-state index < -0.39 is 0 Å². The molecule has 4 heterocycles. The van der Waals surface area contributed by atoms with Crippen LogP contribution in [0.15, 0.2) is 24.4 Å². The standard InChI is InChI=1S/C23H30N6O.ClH/c1-3-21-26-22(28-8-10-30-11-9-28)14-23(27-21)29-20-13-19(17-4-6-24-7-5-17)16(2)12-18(20)15-25-29;/h12-15,17,24H,3-11H2,1-2H3;1H. The van der Waals surface area contributed by atoms with Crippen molar-refractivity contribution in [1.82, 2.24) is 25.1 Å². The summed E-state index contributed by atoms with van der Waals surface area (Å²) in [6.45, 7) is 9.71. The number of hydrogen-bond donors (Lipinski definition) is 1. The number of benzene rings is 1. The van der Waals surface area contributed by atoms with Crippen molar-refractivity contribution in [2.75, 3.05) is 44.3 Å². The molecule has 8 heteroatoms. The van der Waals surface area contributed by atoms with Gasteiger partial charge in [-0.2, -0.15) is 5.10 Å². The van der Waals surface area contributed by atoms with Gasteiger partial charge in [0.25, 0.3) is 0 Å². The van der Waals surface area contributed by atoms with E-state index >= 15 is 0 Å². The molecule has 0 amide bonds. The van der Waals surface area contributed by atoms with Crippen LogP contribution in [0.1, 0.15) is 42.6 Å². The molecule has 2 aliphatic rings. The van der Waals surface area contributed by atoms with Crippen molar-refractivity contribution in [3.05, 3.63) is 41.3 Å². The molecule has 5 rings (SSSR count). The van der Waals surface area contributed by atoms with Crippen LogP contribution in [0, 0.1) is 6.92 Å². The van der Waals surface area contributed by atoms with E-state index in [2.05, 4.69) is 42.3 Å². The van der Waals surface area contributed by atoms with Crippen molar-refractivity contribution in [2.45, 2.75) is 39.0 Å². The quantitative estimate of drug-likeness (QED) is 0.667. The molecule has 1 aromatic carbocycles. The molecule has 7 nitrogen and oxygen atoms in total. The number of nitrogens with one attached hydrogen (secondary N) is 1. The summed E-state index contributed by atoms with van der Waals surface area (Å²) in [5, 5.41) is 9.36. The molecular weight excluding hydrogens is 412 g/mol. The zero-order valence-electron chi connectivity index (χ0n) is 18.3.